The number of hydrogen-bond donors (Lipinski definition) is 0. The normalized spacial score (nSPS) is 10.6. The Labute approximate surface area is 105 Å². The fourth-order valence-corrected chi connectivity index (χ4v) is 1.37. The van der Waals surface area contributed by atoms with Crippen molar-refractivity contribution in [3.8, 4) is 0 Å². The molecule has 0 radical (unpaired) electrons. The van der Waals surface area contributed by atoms with Crippen LogP contribution in [0.3, 0.4) is 0 Å². The fourth-order valence-electron chi connectivity index (χ4n) is 1.37. The molecule has 0 N–H and O–H groups in total. The van der Waals surface area contributed by atoms with Crippen LogP contribution in [0.5, 0.6) is 0 Å². The molecule has 0 bridgehead atoms. The van der Waals surface area contributed by atoms with Gasteiger partial charge in [0.2, 0.25) is 0 Å². The smallest absolute Gasteiger partial charge is 0.367 e. The van der Waals surface area contributed by atoms with Crippen molar-refractivity contribution in [2.45, 2.75) is 19.8 Å². The van der Waals surface area contributed by atoms with Crippen LogP contribution in [0.2, 0.25) is 0 Å². The van der Waals surface area contributed by atoms with Crippen LogP contribution in [0, 0.1) is 16.1 Å². The van der Waals surface area contributed by atoms with Gasteiger partial charge < -0.3 is 14.9 Å². The van der Waals surface area contributed by atoms with Gasteiger partial charge in [0.1, 0.15) is 0 Å². The molecule has 104 valence electrons. The first-order valence-corrected chi connectivity index (χ1v) is 5.14. The number of hydrogen-bond acceptors (Lipinski definition) is 5. The van der Waals surface area contributed by atoms with Gasteiger partial charge >= 0.3 is 17.7 Å². The van der Waals surface area contributed by atoms with E-state index in [9.17, 15) is 28.1 Å². The number of nitrogens with zero attached hydrogens (tertiary/aromatic N) is 2. The minimum absolute atomic E-state index is 0.00484. The van der Waals surface area contributed by atoms with E-state index in [-0.39, 0.29) is 6.61 Å². The molecule has 1 heterocycles. The lowest BCUT2D eigenvalue weighted by Crippen LogP contribution is -2.13. The molecule has 0 fully saturated rings. The number of pyridine rings is 1. The Kier molecular flexibility index (Phi) is 4.79. The van der Waals surface area contributed by atoms with Gasteiger partial charge in [-0.25, -0.2) is 8.78 Å². The third-order valence-corrected chi connectivity index (χ3v) is 2.14. The molecule has 1 aromatic heterocycles. The molecule has 9 heteroatoms. The second-order valence-corrected chi connectivity index (χ2v) is 3.38. The molecule has 0 aliphatic carbocycles. The van der Waals surface area contributed by atoms with Crippen molar-refractivity contribution < 1.29 is 27.6 Å². The summed E-state index contributed by atoms with van der Waals surface area (Å²) in [5.74, 6) is -3.43. The zero-order chi connectivity index (χ0) is 14.6. The second kappa shape index (κ2) is 6.12. The molecule has 0 aliphatic heterocycles. The average molecular weight is 278 g/mol. The van der Waals surface area contributed by atoms with Gasteiger partial charge in [-0.15, -0.1) is 0 Å². The van der Waals surface area contributed by atoms with E-state index in [0.717, 1.165) is 0 Å². The van der Waals surface area contributed by atoms with Gasteiger partial charge in [-0.2, -0.15) is 4.39 Å². The molecule has 19 heavy (non-hydrogen) atoms. The van der Waals surface area contributed by atoms with Crippen LogP contribution in [0.15, 0.2) is 6.07 Å². The number of rotatable bonds is 5. The highest BCUT2D eigenvalue weighted by molar-refractivity contribution is 5.73. The zero-order valence-electron chi connectivity index (χ0n) is 9.73. The fraction of sp³-hybridized carbons (Fsp3) is 0.400. The molecule has 0 amide bonds. The molecule has 0 aliphatic rings. The number of carbonyl (C=O) groups is 1. The largest absolute Gasteiger partial charge is 0.466 e. The quantitative estimate of drug-likeness (QED) is 0.357. The van der Waals surface area contributed by atoms with E-state index >= 15 is 0 Å². The molecular formula is C10H9F3N2O4. The molecule has 0 aromatic carbocycles. The SMILES string of the molecule is CCOC(=O)Cc1c(C(F)F)cc([N+](=O)[O-])nc1F. The van der Waals surface area contributed by atoms with E-state index in [4.69, 9.17) is 0 Å². The van der Waals surface area contributed by atoms with Crippen LogP contribution >= 0.6 is 0 Å². The van der Waals surface area contributed by atoms with Gasteiger partial charge in [0.25, 0.3) is 6.43 Å². The maximum absolute atomic E-state index is 13.5. The highest BCUT2D eigenvalue weighted by Gasteiger charge is 2.27. The number of esters is 1. The van der Waals surface area contributed by atoms with Crippen LogP contribution in [-0.4, -0.2) is 22.5 Å². The summed E-state index contributed by atoms with van der Waals surface area (Å²) in [5.41, 5.74) is -1.63. The average Bonchev–Trinajstić information content (AvgIpc) is 2.31. The second-order valence-electron chi connectivity index (χ2n) is 3.38. The summed E-state index contributed by atoms with van der Waals surface area (Å²) in [4.78, 5) is 23.4. The third kappa shape index (κ3) is 3.63. The Morgan fingerprint density at radius 1 is 1.58 bits per heavy atom. The molecule has 0 spiro atoms. The predicted octanol–water partition coefficient (Wildman–Crippen LogP) is 2.17. The summed E-state index contributed by atoms with van der Waals surface area (Å²) < 4.78 is 43.4. The summed E-state index contributed by atoms with van der Waals surface area (Å²) in [7, 11) is 0. The minimum atomic E-state index is -3.17. The summed E-state index contributed by atoms with van der Waals surface area (Å²) in [5, 5.41) is 10.4. The first-order chi connectivity index (χ1) is 8.86. The van der Waals surface area contributed by atoms with E-state index in [2.05, 4.69) is 9.72 Å². The van der Waals surface area contributed by atoms with E-state index in [1.54, 1.807) is 0 Å². The van der Waals surface area contributed by atoms with Crippen LogP contribution < -0.4 is 0 Å². The van der Waals surface area contributed by atoms with Crippen molar-refractivity contribution in [1.29, 1.82) is 0 Å². The summed E-state index contributed by atoms with van der Waals surface area (Å²) in [6.45, 7) is 1.50. The van der Waals surface area contributed by atoms with Gasteiger partial charge in [-0.05, 0) is 16.8 Å². The zero-order valence-corrected chi connectivity index (χ0v) is 9.73. The number of aromatic nitrogens is 1. The van der Waals surface area contributed by atoms with Crippen molar-refractivity contribution >= 4 is 11.8 Å². The third-order valence-electron chi connectivity index (χ3n) is 2.14. The molecule has 0 saturated heterocycles. The van der Waals surface area contributed by atoms with Crippen molar-refractivity contribution in [3.63, 3.8) is 0 Å². The Hall–Kier alpha value is -2.19. The number of halogens is 3. The van der Waals surface area contributed by atoms with Gasteiger partial charge in [-0.3, -0.25) is 4.79 Å². The molecule has 0 atom stereocenters. The van der Waals surface area contributed by atoms with Crippen LogP contribution in [0.1, 0.15) is 24.5 Å². The number of carbonyl (C=O) groups excluding carboxylic acids is 1. The molecule has 1 aromatic rings. The van der Waals surface area contributed by atoms with Crippen molar-refractivity contribution in [3.05, 3.63) is 33.3 Å². The Bertz CT molecular complexity index is 508. The Morgan fingerprint density at radius 2 is 2.21 bits per heavy atom. The Balaban J connectivity index is 3.22. The van der Waals surface area contributed by atoms with E-state index in [1.165, 1.54) is 6.92 Å². The molecular weight excluding hydrogens is 269 g/mol. The monoisotopic (exact) mass is 278 g/mol. The van der Waals surface area contributed by atoms with Crippen LogP contribution in [0.25, 0.3) is 0 Å². The lowest BCUT2D eigenvalue weighted by atomic mass is 10.1. The molecule has 6 nitrogen and oxygen atoms in total. The lowest BCUT2D eigenvalue weighted by Gasteiger charge is -2.07. The topological polar surface area (TPSA) is 82.3 Å². The number of ether oxygens (including phenoxy) is 1. The summed E-state index contributed by atoms with van der Waals surface area (Å²) in [6, 6.07) is 0.447. The van der Waals surface area contributed by atoms with E-state index in [0.29, 0.717) is 6.07 Å². The first-order valence-electron chi connectivity index (χ1n) is 5.14. The molecule has 0 saturated carbocycles. The first kappa shape index (κ1) is 14.9. The van der Waals surface area contributed by atoms with Gasteiger partial charge in [0, 0.05) is 11.6 Å². The van der Waals surface area contributed by atoms with Gasteiger partial charge in [-0.1, -0.05) is 0 Å². The van der Waals surface area contributed by atoms with Crippen LogP contribution in [-0.2, 0) is 16.0 Å². The van der Waals surface area contributed by atoms with Crippen molar-refractivity contribution in [2.24, 2.45) is 0 Å². The minimum Gasteiger partial charge on any atom is -0.466 e. The Morgan fingerprint density at radius 3 is 2.68 bits per heavy atom. The van der Waals surface area contributed by atoms with Gasteiger partial charge in [0.05, 0.1) is 18.6 Å². The maximum Gasteiger partial charge on any atom is 0.367 e. The number of alkyl halides is 2. The lowest BCUT2D eigenvalue weighted by molar-refractivity contribution is -0.390. The van der Waals surface area contributed by atoms with Crippen molar-refractivity contribution in [2.75, 3.05) is 6.61 Å². The summed E-state index contributed by atoms with van der Waals surface area (Å²) >= 11 is 0. The van der Waals surface area contributed by atoms with Crippen LogP contribution in [0.4, 0.5) is 19.0 Å². The molecule has 1 rings (SSSR count). The summed E-state index contributed by atoms with van der Waals surface area (Å²) in [6.07, 6.45) is -3.93. The highest BCUT2D eigenvalue weighted by atomic mass is 19.3. The van der Waals surface area contributed by atoms with Gasteiger partial charge in [0.15, 0.2) is 0 Å². The van der Waals surface area contributed by atoms with E-state index in [1.807, 2.05) is 0 Å². The maximum atomic E-state index is 13.5. The van der Waals surface area contributed by atoms with E-state index < -0.39 is 46.6 Å². The standard InChI is InChI=1S/C10H9F3N2O4/c1-2-19-8(16)4-6-5(9(11)12)3-7(15(17)18)14-10(6)13/h3,9H,2,4H2,1H3. The van der Waals surface area contributed by atoms with Crippen molar-refractivity contribution in [1.82, 2.24) is 4.98 Å². The number of nitro groups is 1. The predicted molar refractivity (Wildman–Crippen MR) is 56.1 cm³/mol. The molecule has 0 unspecified atom stereocenters. The highest BCUT2D eigenvalue weighted by Crippen LogP contribution is 2.28.